The topological polar surface area (TPSA) is 75.6 Å². The van der Waals surface area contributed by atoms with E-state index in [1.54, 1.807) is 13.8 Å². The molecule has 0 bridgehead atoms. The highest BCUT2D eigenvalue weighted by Gasteiger charge is 2.17. The van der Waals surface area contributed by atoms with Gasteiger partial charge < -0.3 is 15.2 Å². The van der Waals surface area contributed by atoms with Gasteiger partial charge in [0.25, 0.3) is 5.91 Å². The van der Waals surface area contributed by atoms with Gasteiger partial charge in [-0.3, -0.25) is 4.79 Å². The Morgan fingerprint density at radius 3 is 2.26 bits per heavy atom. The molecule has 0 fully saturated rings. The zero-order valence-corrected chi connectivity index (χ0v) is 10.4. The molecule has 0 atom stereocenters. The van der Waals surface area contributed by atoms with Gasteiger partial charge in [-0.05, 0) is 26.0 Å². The third kappa shape index (κ3) is 4.20. The average molecular weight is 273 g/mol. The van der Waals surface area contributed by atoms with E-state index in [1.165, 1.54) is 0 Å². The van der Waals surface area contributed by atoms with Crippen LogP contribution >= 0.6 is 0 Å². The van der Waals surface area contributed by atoms with Crippen molar-refractivity contribution in [1.82, 2.24) is 5.32 Å². The largest absolute Gasteiger partial charge is 0.478 e. The molecular weight excluding hydrogens is 260 g/mol. The number of carboxylic acid groups (broad SMARTS) is 1. The van der Waals surface area contributed by atoms with Gasteiger partial charge in [0.05, 0.1) is 5.56 Å². The first-order chi connectivity index (χ1) is 8.81. The molecule has 1 amide bonds. The second kappa shape index (κ2) is 6.12. The molecule has 0 aliphatic carbocycles. The Labute approximate surface area is 108 Å². The fraction of sp³-hybridized carbons (Fsp3) is 0.333. The smallest absolute Gasteiger partial charge is 0.335 e. The second-order valence-corrected chi connectivity index (χ2v) is 4.09. The number of benzene rings is 1. The Balaban J connectivity index is 2.79. The molecule has 0 unspecified atom stereocenters. The number of ether oxygens (including phenoxy) is 1. The van der Waals surface area contributed by atoms with Crippen molar-refractivity contribution in [2.24, 2.45) is 0 Å². The fourth-order valence-electron chi connectivity index (χ4n) is 1.32. The summed E-state index contributed by atoms with van der Waals surface area (Å²) in [5.41, 5.74) is -0.533. The molecule has 0 saturated heterocycles. The number of nitrogens with one attached hydrogen (secondary N) is 1. The van der Waals surface area contributed by atoms with E-state index < -0.39 is 41.4 Å². The molecule has 0 aliphatic heterocycles. The van der Waals surface area contributed by atoms with Crippen LogP contribution in [0.5, 0.6) is 5.75 Å². The van der Waals surface area contributed by atoms with Crippen molar-refractivity contribution in [2.75, 3.05) is 6.61 Å². The Morgan fingerprint density at radius 1 is 1.32 bits per heavy atom. The van der Waals surface area contributed by atoms with Gasteiger partial charge in [-0.1, -0.05) is 0 Å². The first kappa shape index (κ1) is 14.9. The van der Waals surface area contributed by atoms with Crippen LogP contribution in [0.2, 0.25) is 0 Å². The number of hydrogen-bond donors (Lipinski definition) is 2. The molecule has 1 aromatic carbocycles. The van der Waals surface area contributed by atoms with Gasteiger partial charge in [0.1, 0.15) is 0 Å². The normalized spacial score (nSPS) is 10.4. The number of rotatable bonds is 5. The molecule has 0 radical (unpaired) electrons. The van der Waals surface area contributed by atoms with Gasteiger partial charge in [0, 0.05) is 6.04 Å². The maximum absolute atomic E-state index is 13.4. The fourth-order valence-corrected chi connectivity index (χ4v) is 1.32. The third-order valence-corrected chi connectivity index (χ3v) is 2.04. The monoisotopic (exact) mass is 273 g/mol. The number of hydrogen-bond acceptors (Lipinski definition) is 3. The van der Waals surface area contributed by atoms with E-state index in [4.69, 9.17) is 9.84 Å². The summed E-state index contributed by atoms with van der Waals surface area (Å²) >= 11 is 0. The van der Waals surface area contributed by atoms with Crippen LogP contribution in [0.1, 0.15) is 24.2 Å². The van der Waals surface area contributed by atoms with E-state index in [-0.39, 0.29) is 6.04 Å². The minimum atomic E-state index is -1.46. The van der Waals surface area contributed by atoms with Gasteiger partial charge in [0.2, 0.25) is 0 Å². The second-order valence-electron chi connectivity index (χ2n) is 4.09. The molecule has 1 aromatic rings. The third-order valence-electron chi connectivity index (χ3n) is 2.04. The van der Waals surface area contributed by atoms with Crippen LogP contribution in [0.15, 0.2) is 12.1 Å². The summed E-state index contributed by atoms with van der Waals surface area (Å²) in [6, 6.07) is 1.13. The highest BCUT2D eigenvalue weighted by atomic mass is 19.1. The lowest BCUT2D eigenvalue weighted by Crippen LogP contribution is -2.34. The maximum atomic E-state index is 13.4. The van der Waals surface area contributed by atoms with Crippen molar-refractivity contribution in [3.05, 3.63) is 29.3 Å². The number of carbonyl (C=O) groups is 2. The van der Waals surface area contributed by atoms with Crippen molar-refractivity contribution in [2.45, 2.75) is 19.9 Å². The van der Waals surface area contributed by atoms with Crippen LogP contribution in [-0.2, 0) is 4.79 Å². The number of amides is 1. The zero-order valence-electron chi connectivity index (χ0n) is 10.4. The summed E-state index contributed by atoms with van der Waals surface area (Å²) in [5.74, 6) is -5.11. The summed E-state index contributed by atoms with van der Waals surface area (Å²) in [6.07, 6.45) is 0. The highest BCUT2D eigenvalue weighted by Crippen LogP contribution is 2.23. The number of carbonyl (C=O) groups excluding carboxylic acids is 1. The predicted octanol–water partition coefficient (Wildman–Crippen LogP) is 1.57. The van der Waals surface area contributed by atoms with Gasteiger partial charge in [-0.15, -0.1) is 0 Å². The summed E-state index contributed by atoms with van der Waals surface area (Å²) in [6.45, 7) is 2.89. The summed E-state index contributed by atoms with van der Waals surface area (Å²) in [5, 5.41) is 11.1. The van der Waals surface area contributed by atoms with Crippen molar-refractivity contribution in [3.63, 3.8) is 0 Å². The minimum Gasteiger partial charge on any atom is -0.478 e. The lowest BCUT2D eigenvalue weighted by atomic mass is 10.2. The van der Waals surface area contributed by atoms with Crippen molar-refractivity contribution in [1.29, 1.82) is 0 Å². The van der Waals surface area contributed by atoms with Crippen molar-refractivity contribution < 1.29 is 28.2 Å². The van der Waals surface area contributed by atoms with Crippen LogP contribution in [0, 0.1) is 11.6 Å². The van der Waals surface area contributed by atoms with Gasteiger partial charge in [-0.25, -0.2) is 13.6 Å². The molecule has 2 N–H and O–H groups in total. The Morgan fingerprint density at radius 2 is 1.84 bits per heavy atom. The molecule has 0 spiro atoms. The Kier molecular flexibility index (Phi) is 4.80. The molecule has 19 heavy (non-hydrogen) atoms. The minimum absolute atomic E-state index is 0.125. The van der Waals surface area contributed by atoms with Crippen molar-refractivity contribution in [3.8, 4) is 5.75 Å². The van der Waals surface area contributed by atoms with E-state index in [0.29, 0.717) is 12.1 Å². The number of aromatic carboxylic acids is 1. The van der Waals surface area contributed by atoms with Crippen LogP contribution in [0.25, 0.3) is 0 Å². The number of halogens is 2. The molecular formula is C12H13F2NO4. The van der Waals surface area contributed by atoms with E-state index in [9.17, 15) is 18.4 Å². The van der Waals surface area contributed by atoms with E-state index in [0.717, 1.165) is 0 Å². The van der Waals surface area contributed by atoms with Crippen LogP contribution in [0.4, 0.5) is 8.78 Å². The maximum Gasteiger partial charge on any atom is 0.335 e. The van der Waals surface area contributed by atoms with Crippen LogP contribution < -0.4 is 10.1 Å². The van der Waals surface area contributed by atoms with Gasteiger partial charge in [0.15, 0.2) is 24.0 Å². The quantitative estimate of drug-likeness (QED) is 0.853. The summed E-state index contributed by atoms with van der Waals surface area (Å²) < 4.78 is 31.6. The van der Waals surface area contributed by atoms with E-state index in [1.807, 2.05) is 0 Å². The van der Waals surface area contributed by atoms with Gasteiger partial charge in [-0.2, -0.15) is 0 Å². The molecule has 0 heterocycles. The predicted molar refractivity (Wildman–Crippen MR) is 62.1 cm³/mol. The first-order valence-electron chi connectivity index (χ1n) is 5.45. The zero-order chi connectivity index (χ0) is 14.6. The van der Waals surface area contributed by atoms with Crippen LogP contribution in [0.3, 0.4) is 0 Å². The summed E-state index contributed by atoms with van der Waals surface area (Å²) in [7, 11) is 0. The molecule has 5 nitrogen and oxygen atoms in total. The molecule has 1 rings (SSSR count). The standard InChI is InChI=1S/C12H13F2NO4/c1-6(2)15-10(16)5-19-11-8(13)3-7(12(17)18)4-9(11)14/h3-4,6H,5H2,1-2H3,(H,15,16)(H,17,18). The molecule has 0 aromatic heterocycles. The van der Waals surface area contributed by atoms with Crippen molar-refractivity contribution >= 4 is 11.9 Å². The lowest BCUT2D eigenvalue weighted by molar-refractivity contribution is -0.123. The SMILES string of the molecule is CC(C)NC(=O)COc1c(F)cc(C(=O)O)cc1F. The molecule has 0 aliphatic rings. The van der Waals surface area contributed by atoms with E-state index in [2.05, 4.69) is 5.32 Å². The highest BCUT2D eigenvalue weighted by molar-refractivity contribution is 5.87. The number of carboxylic acids is 1. The van der Waals surface area contributed by atoms with Crippen LogP contribution in [-0.4, -0.2) is 29.6 Å². The lowest BCUT2D eigenvalue weighted by Gasteiger charge is -2.11. The molecule has 104 valence electrons. The Hall–Kier alpha value is -2.18. The molecule has 0 saturated carbocycles. The van der Waals surface area contributed by atoms with Gasteiger partial charge >= 0.3 is 5.97 Å². The summed E-state index contributed by atoms with van der Waals surface area (Å²) in [4.78, 5) is 21.8. The Bertz CT molecular complexity index is 479. The average Bonchev–Trinajstić information content (AvgIpc) is 2.26. The first-order valence-corrected chi connectivity index (χ1v) is 5.45. The molecule has 7 heteroatoms. The van der Waals surface area contributed by atoms with E-state index >= 15 is 0 Å².